The molecule has 1 heterocycles. The van der Waals surface area contributed by atoms with Crippen LogP contribution in [0.1, 0.15) is 29.3 Å². The molecule has 32 heavy (non-hydrogen) atoms. The summed E-state index contributed by atoms with van der Waals surface area (Å²) in [7, 11) is -4.78. The van der Waals surface area contributed by atoms with Crippen LogP contribution in [0.2, 0.25) is 0 Å². The second-order valence-corrected chi connectivity index (χ2v) is 11.6. The van der Waals surface area contributed by atoms with Gasteiger partial charge in [-0.1, -0.05) is 24.6 Å². The molecule has 0 saturated heterocycles. The van der Waals surface area contributed by atoms with Crippen molar-refractivity contribution in [3.63, 3.8) is 0 Å². The number of aliphatic carboxylic acids is 1. The number of carboxylic acid groups (broad SMARTS) is 1. The highest BCUT2D eigenvalue weighted by atomic mass is 32.2. The lowest BCUT2D eigenvalue weighted by atomic mass is 10.2. The third-order valence-electron chi connectivity index (χ3n) is 4.89. The van der Waals surface area contributed by atoms with Gasteiger partial charge in [0.2, 0.25) is 0 Å². The molecule has 0 spiro atoms. The minimum absolute atomic E-state index is 0.00587. The maximum atomic E-state index is 13.0. The lowest BCUT2D eigenvalue weighted by molar-refractivity contribution is -0.139. The molecule has 1 atom stereocenters. The summed E-state index contributed by atoms with van der Waals surface area (Å²) >= 11 is 0. The summed E-state index contributed by atoms with van der Waals surface area (Å²) in [5.41, 5.74) is 0.701. The Bertz CT molecular complexity index is 1200. The second-order valence-electron chi connectivity index (χ2n) is 7.18. The molecule has 0 saturated carbocycles. The van der Waals surface area contributed by atoms with Gasteiger partial charge in [0.1, 0.15) is 21.4 Å². The number of benzene rings is 1. The minimum atomic E-state index is -4.04. The van der Waals surface area contributed by atoms with E-state index in [1.807, 2.05) is 6.92 Å². The number of sulfonamides is 1. The van der Waals surface area contributed by atoms with E-state index in [1.165, 1.54) is 37.8 Å². The van der Waals surface area contributed by atoms with Crippen LogP contribution in [0.5, 0.6) is 0 Å². The summed E-state index contributed by atoms with van der Waals surface area (Å²) in [4.78, 5) is 24.3. The van der Waals surface area contributed by atoms with Crippen LogP contribution in [0, 0.1) is 6.92 Å². The molecule has 1 unspecified atom stereocenters. The van der Waals surface area contributed by atoms with Crippen molar-refractivity contribution in [3.8, 4) is 0 Å². The molecule has 11 nitrogen and oxygen atoms in total. The van der Waals surface area contributed by atoms with E-state index in [9.17, 15) is 31.5 Å². The van der Waals surface area contributed by atoms with Crippen molar-refractivity contribution in [2.24, 2.45) is 7.05 Å². The lowest BCUT2D eigenvalue weighted by Crippen LogP contribution is -2.42. The third kappa shape index (κ3) is 5.65. The van der Waals surface area contributed by atoms with Gasteiger partial charge in [0.05, 0.1) is 16.8 Å². The number of hydrogen-bond donors (Lipinski definition) is 2. The van der Waals surface area contributed by atoms with Gasteiger partial charge in [0.15, 0.2) is 5.82 Å². The van der Waals surface area contributed by atoms with E-state index >= 15 is 0 Å². The molecule has 0 aliphatic rings. The van der Waals surface area contributed by atoms with Crippen LogP contribution in [0.15, 0.2) is 35.4 Å². The summed E-state index contributed by atoms with van der Waals surface area (Å²) < 4.78 is 51.5. The van der Waals surface area contributed by atoms with Gasteiger partial charge < -0.3 is 10.4 Å². The summed E-state index contributed by atoms with van der Waals surface area (Å²) in [6.45, 7) is 3.25. The summed E-state index contributed by atoms with van der Waals surface area (Å²) in [6, 6.07) is 4.67. The van der Waals surface area contributed by atoms with Crippen molar-refractivity contribution >= 4 is 37.6 Å². The molecular weight excluding hydrogens is 460 g/mol. The molecule has 2 rings (SSSR count). The first kappa shape index (κ1) is 25.3. The highest BCUT2D eigenvalue weighted by Gasteiger charge is 2.30. The summed E-state index contributed by atoms with van der Waals surface area (Å²) in [5.74, 6) is -2.94. The molecule has 0 aliphatic carbocycles. The van der Waals surface area contributed by atoms with Crippen LogP contribution >= 0.6 is 0 Å². The number of nitrogens with one attached hydrogen (secondary N) is 1. The van der Waals surface area contributed by atoms with Gasteiger partial charge in [-0.3, -0.25) is 13.8 Å². The number of carbonyl (C=O) groups is 2. The third-order valence-corrected chi connectivity index (χ3v) is 8.39. The van der Waals surface area contributed by atoms with Crippen LogP contribution in [-0.4, -0.2) is 68.2 Å². The molecule has 176 valence electrons. The van der Waals surface area contributed by atoms with Gasteiger partial charge in [-0.15, -0.1) is 0 Å². The Hall–Kier alpha value is -2.93. The first-order valence-corrected chi connectivity index (χ1v) is 12.9. The highest BCUT2D eigenvalue weighted by Crippen LogP contribution is 2.25. The molecule has 0 fully saturated rings. The smallest absolute Gasteiger partial charge is 0.326 e. The van der Waals surface area contributed by atoms with Crippen LogP contribution in [0.25, 0.3) is 0 Å². The minimum Gasteiger partial charge on any atom is -0.480 e. The Labute approximate surface area is 187 Å². The SMILES string of the molecule is CCS(=O)(=O)CCC(NC(=O)c1cnn(C)c1N(C)S(=O)(=O)c1ccc(C)cc1)C(=O)O. The predicted molar refractivity (Wildman–Crippen MR) is 118 cm³/mol. The monoisotopic (exact) mass is 486 g/mol. The topological polar surface area (TPSA) is 156 Å². The average Bonchev–Trinajstić information content (AvgIpc) is 3.11. The number of carboxylic acids is 1. The van der Waals surface area contributed by atoms with Crippen LogP contribution in [-0.2, 0) is 31.7 Å². The second kappa shape index (κ2) is 9.69. The maximum Gasteiger partial charge on any atom is 0.326 e. The first-order chi connectivity index (χ1) is 14.8. The average molecular weight is 487 g/mol. The Morgan fingerprint density at radius 3 is 2.31 bits per heavy atom. The molecule has 0 aliphatic heterocycles. The summed E-state index contributed by atoms with van der Waals surface area (Å²) in [5, 5.41) is 15.6. The number of sulfone groups is 1. The Balaban J connectivity index is 2.33. The molecular formula is C19H26N4O7S2. The molecule has 2 N–H and O–H groups in total. The lowest BCUT2D eigenvalue weighted by Gasteiger charge is -2.21. The number of rotatable bonds is 10. The normalized spacial score (nSPS) is 12.9. The standard InChI is InChI=1S/C19H26N4O7S2/c1-5-31(27,28)11-10-16(19(25)26)21-17(24)15-12-20-22(3)18(15)23(4)32(29,30)14-8-6-13(2)7-9-14/h6-9,12,16H,5,10-11H2,1-4H3,(H,21,24)(H,25,26). The number of nitrogens with zero attached hydrogens (tertiary/aromatic N) is 3. The Kier molecular flexibility index (Phi) is 7.67. The van der Waals surface area contributed by atoms with E-state index in [0.717, 1.165) is 16.1 Å². The number of carbonyl (C=O) groups excluding carboxylic acids is 1. The zero-order valence-corrected chi connectivity index (χ0v) is 19.8. The zero-order valence-electron chi connectivity index (χ0n) is 18.1. The number of aromatic nitrogens is 2. The summed E-state index contributed by atoms with van der Waals surface area (Å²) in [6.07, 6.45) is 0.790. The fourth-order valence-electron chi connectivity index (χ4n) is 2.88. The molecule has 0 radical (unpaired) electrons. The molecule has 1 aromatic heterocycles. The van der Waals surface area contributed by atoms with Crippen molar-refractivity contribution in [2.45, 2.75) is 31.2 Å². The van der Waals surface area contributed by atoms with Gasteiger partial charge >= 0.3 is 5.97 Å². The molecule has 13 heteroatoms. The van der Waals surface area contributed by atoms with Gasteiger partial charge in [-0.2, -0.15) is 5.10 Å². The van der Waals surface area contributed by atoms with E-state index in [0.29, 0.717) is 0 Å². The Morgan fingerprint density at radius 2 is 1.78 bits per heavy atom. The molecule has 0 bridgehead atoms. The van der Waals surface area contributed by atoms with E-state index in [1.54, 1.807) is 12.1 Å². The van der Waals surface area contributed by atoms with E-state index < -0.39 is 43.5 Å². The van der Waals surface area contributed by atoms with Crippen molar-refractivity contribution in [1.82, 2.24) is 15.1 Å². The largest absolute Gasteiger partial charge is 0.480 e. The number of amides is 1. The number of aryl methyl sites for hydroxylation is 2. The Morgan fingerprint density at radius 1 is 1.19 bits per heavy atom. The van der Waals surface area contributed by atoms with Gasteiger partial charge in [0.25, 0.3) is 15.9 Å². The van der Waals surface area contributed by atoms with Crippen LogP contribution in [0.3, 0.4) is 0 Å². The number of hydrogen-bond acceptors (Lipinski definition) is 7. The van der Waals surface area contributed by atoms with Gasteiger partial charge in [-0.25, -0.2) is 21.6 Å². The molecule has 1 amide bonds. The molecule has 1 aromatic carbocycles. The van der Waals surface area contributed by atoms with Crippen molar-refractivity contribution in [1.29, 1.82) is 0 Å². The van der Waals surface area contributed by atoms with Crippen LogP contribution in [0.4, 0.5) is 5.82 Å². The van der Waals surface area contributed by atoms with Crippen molar-refractivity contribution < 1.29 is 31.5 Å². The van der Waals surface area contributed by atoms with Crippen LogP contribution < -0.4 is 9.62 Å². The quantitative estimate of drug-likeness (QED) is 0.493. The number of anilines is 1. The fraction of sp³-hybridized carbons (Fsp3) is 0.421. The van der Waals surface area contributed by atoms with Crippen molar-refractivity contribution in [2.75, 3.05) is 22.9 Å². The van der Waals surface area contributed by atoms with Crippen molar-refractivity contribution in [3.05, 3.63) is 41.6 Å². The van der Waals surface area contributed by atoms with Gasteiger partial charge in [-0.05, 0) is 25.5 Å². The molecule has 2 aromatic rings. The van der Waals surface area contributed by atoms with E-state index in [2.05, 4.69) is 10.4 Å². The predicted octanol–water partition coefficient (Wildman–Crippen LogP) is 0.561. The highest BCUT2D eigenvalue weighted by molar-refractivity contribution is 7.92. The maximum absolute atomic E-state index is 13.0. The zero-order chi connectivity index (χ0) is 24.3. The van der Waals surface area contributed by atoms with Gasteiger partial charge in [0, 0.05) is 19.8 Å². The van der Waals surface area contributed by atoms with E-state index in [-0.39, 0.29) is 28.5 Å². The van der Waals surface area contributed by atoms with E-state index in [4.69, 9.17) is 0 Å². The fourth-order valence-corrected chi connectivity index (χ4v) is 5.01. The first-order valence-electron chi connectivity index (χ1n) is 9.62.